The van der Waals surface area contributed by atoms with Crippen LogP contribution in [0, 0.1) is 6.92 Å². The Kier molecular flexibility index (Phi) is 5.82. The number of benzene rings is 1. The van der Waals surface area contributed by atoms with Crippen molar-refractivity contribution in [3.05, 3.63) is 28.2 Å². The van der Waals surface area contributed by atoms with Crippen molar-refractivity contribution in [1.82, 2.24) is 15.4 Å². The minimum Gasteiger partial charge on any atom is -0.355 e. The zero-order chi connectivity index (χ0) is 16.2. The van der Waals surface area contributed by atoms with E-state index in [4.69, 9.17) is 0 Å². The summed E-state index contributed by atoms with van der Waals surface area (Å²) in [7, 11) is -1.83. The molecule has 0 heterocycles. The maximum atomic E-state index is 12.3. The number of hydrogen-bond acceptors (Lipinski definition) is 3. The highest BCUT2D eigenvalue weighted by Gasteiger charge is 2.22. The number of nitrogens with one attached hydrogen (secondary N) is 3. The largest absolute Gasteiger partial charge is 0.355 e. The van der Waals surface area contributed by atoms with Crippen LogP contribution in [0.3, 0.4) is 0 Å². The summed E-state index contributed by atoms with van der Waals surface area (Å²) in [5, 5.41) is 6.33. The standard InChI is InChI=1S/C14H21BrN4O2S/c1-10-3-6-12(15)13(9-10)22(20,21)18-8-7-17-14(16-2)19-11-4-5-11/h3,6,9,11,18H,4-5,7-8H2,1-2H3,(H2,16,17,19). The molecule has 0 aliphatic heterocycles. The third-order valence-corrected chi connectivity index (χ3v) is 5.68. The minimum atomic E-state index is -3.53. The molecule has 0 spiro atoms. The molecule has 1 saturated carbocycles. The van der Waals surface area contributed by atoms with Crippen LogP contribution in [-0.4, -0.2) is 40.6 Å². The molecule has 1 aliphatic rings. The number of guanidine groups is 1. The zero-order valence-corrected chi connectivity index (χ0v) is 15.1. The summed E-state index contributed by atoms with van der Waals surface area (Å²) in [4.78, 5) is 4.35. The van der Waals surface area contributed by atoms with Crippen molar-refractivity contribution in [2.24, 2.45) is 4.99 Å². The third-order valence-electron chi connectivity index (χ3n) is 3.23. The smallest absolute Gasteiger partial charge is 0.241 e. The van der Waals surface area contributed by atoms with Gasteiger partial charge >= 0.3 is 0 Å². The SMILES string of the molecule is CN=C(NCCNS(=O)(=O)c1cc(C)ccc1Br)NC1CC1. The maximum Gasteiger partial charge on any atom is 0.241 e. The van der Waals surface area contributed by atoms with Gasteiger partial charge in [0.1, 0.15) is 0 Å². The second-order valence-corrected chi connectivity index (χ2v) is 7.84. The van der Waals surface area contributed by atoms with Crippen LogP contribution < -0.4 is 15.4 Å². The summed E-state index contributed by atoms with van der Waals surface area (Å²) < 4.78 is 27.7. The molecule has 3 N–H and O–H groups in total. The lowest BCUT2D eigenvalue weighted by molar-refractivity contribution is 0.580. The van der Waals surface area contributed by atoms with Crippen LogP contribution >= 0.6 is 15.9 Å². The molecule has 0 aromatic heterocycles. The van der Waals surface area contributed by atoms with Gasteiger partial charge in [-0.15, -0.1) is 0 Å². The minimum absolute atomic E-state index is 0.257. The van der Waals surface area contributed by atoms with Crippen molar-refractivity contribution in [2.75, 3.05) is 20.1 Å². The molecule has 0 amide bonds. The van der Waals surface area contributed by atoms with Gasteiger partial charge in [0.2, 0.25) is 10.0 Å². The monoisotopic (exact) mass is 388 g/mol. The molecule has 6 nitrogen and oxygen atoms in total. The number of nitrogens with zero attached hydrogens (tertiary/aromatic N) is 1. The van der Waals surface area contributed by atoms with E-state index in [1.54, 1.807) is 19.2 Å². The summed E-state index contributed by atoms with van der Waals surface area (Å²) in [5.74, 6) is 0.707. The van der Waals surface area contributed by atoms with Crippen molar-refractivity contribution in [1.29, 1.82) is 0 Å². The lowest BCUT2D eigenvalue weighted by Crippen LogP contribution is -2.42. The summed E-state index contributed by atoms with van der Waals surface area (Å²) in [5.41, 5.74) is 0.899. The van der Waals surface area contributed by atoms with E-state index in [2.05, 4.69) is 36.3 Å². The number of aliphatic imine (C=N–C) groups is 1. The Balaban J connectivity index is 1.85. The Labute approximate surface area is 140 Å². The Morgan fingerprint density at radius 3 is 2.73 bits per heavy atom. The molecule has 1 fully saturated rings. The molecule has 0 unspecified atom stereocenters. The van der Waals surface area contributed by atoms with Crippen LogP contribution in [0.2, 0.25) is 0 Å². The highest BCUT2D eigenvalue weighted by molar-refractivity contribution is 9.10. The number of aryl methyl sites for hydroxylation is 1. The zero-order valence-electron chi connectivity index (χ0n) is 12.7. The lowest BCUT2D eigenvalue weighted by atomic mass is 10.2. The first kappa shape index (κ1) is 17.2. The second-order valence-electron chi connectivity index (χ2n) is 5.25. The lowest BCUT2D eigenvalue weighted by Gasteiger charge is -2.12. The number of halogens is 1. The average molecular weight is 389 g/mol. The Hall–Kier alpha value is -1.12. The van der Waals surface area contributed by atoms with Gasteiger partial charge in [0.25, 0.3) is 0 Å². The van der Waals surface area contributed by atoms with E-state index >= 15 is 0 Å². The fourth-order valence-corrected chi connectivity index (χ4v) is 3.95. The molecule has 0 radical (unpaired) electrons. The van der Waals surface area contributed by atoms with Gasteiger partial charge in [-0.3, -0.25) is 4.99 Å². The summed E-state index contributed by atoms with van der Waals surface area (Å²) in [6, 6.07) is 5.75. The number of hydrogen-bond donors (Lipinski definition) is 3. The van der Waals surface area contributed by atoms with Crippen molar-refractivity contribution in [3.8, 4) is 0 Å². The van der Waals surface area contributed by atoms with E-state index in [0.29, 0.717) is 23.0 Å². The van der Waals surface area contributed by atoms with E-state index in [1.807, 2.05) is 13.0 Å². The fourth-order valence-electron chi connectivity index (χ4n) is 1.88. The molecule has 22 heavy (non-hydrogen) atoms. The van der Waals surface area contributed by atoms with Crippen LogP contribution in [0.5, 0.6) is 0 Å². The predicted octanol–water partition coefficient (Wildman–Crippen LogP) is 1.36. The molecule has 1 aromatic rings. The molecule has 1 aliphatic carbocycles. The highest BCUT2D eigenvalue weighted by atomic mass is 79.9. The highest BCUT2D eigenvalue weighted by Crippen LogP contribution is 2.22. The van der Waals surface area contributed by atoms with Gasteiger partial charge in [-0.1, -0.05) is 6.07 Å². The first-order valence-corrected chi connectivity index (χ1v) is 9.43. The van der Waals surface area contributed by atoms with Gasteiger partial charge < -0.3 is 10.6 Å². The van der Waals surface area contributed by atoms with Gasteiger partial charge in [0, 0.05) is 30.7 Å². The van der Waals surface area contributed by atoms with E-state index in [1.165, 1.54) is 0 Å². The molecule has 122 valence electrons. The van der Waals surface area contributed by atoms with E-state index in [-0.39, 0.29) is 11.4 Å². The van der Waals surface area contributed by atoms with Gasteiger partial charge in [-0.25, -0.2) is 13.1 Å². The van der Waals surface area contributed by atoms with Crippen LogP contribution in [-0.2, 0) is 10.0 Å². The summed E-state index contributed by atoms with van der Waals surface area (Å²) >= 11 is 3.28. The molecular weight excluding hydrogens is 368 g/mol. The summed E-state index contributed by atoms with van der Waals surface area (Å²) in [6.45, 7) is 2.61. The van der Waals surface area contributed by atoms with E-state index < -0.39 is 10.0 Å². The maximum absolute atomic E-state index is 12.3. The average Bonchev–Trinajstić information content (AvgIpc) is 3.28. The number of rotatable bonds is 6. The Morgan fingerprint density at radius 1 is 1.36 bits per heavy atom. The summed E-state index contributed by atoms with van der Waals surface area (Å²) in [6.07, 6.45) is 2.32. The Morgan fingerprint density at radius 2 is 2.09 bits per heavy atom. The van der Waals surface area contributed by atoms with E-state index in [9.17, 15) is 8.42 Å². The molecule has 0 saturated heterocycles. The van der Waals surface area contributed by atoms with Gasteiger partial charge in [-0.2, -0.15) is 0 Å². The first-order valence-electron chi connectivity index (χ1n) is 7.15. The molecule has 0 atom stereocenters. The number of sulfonamides is 1. The fraction of sp³-hybridized carbons (Fsp3) is 0.500. The van der Waals surface area contributed by atoms with Gasteiger partial charge in [0.05, 0.1) is 4.90 Å². The molecule has 8 heteroatoms. The van der Waals surface area contributed by atoms with Gasteiger partial charge in [-0.05, 0) is 53.4 Å². The third kappa shape index (κ3) is 4.96. The van der Waals surface area contributed by atoms with Crippen LogP contribution in [0.15, 0.2) is 32.6 Å². The van der Waals surface area contributed by atoms with Crippen LogP contribution in [0.25, 0.3) is 0 Å². The first-order chi connectivity index (χ1) is 10.4. The molecular formula is C14H21BrN4O2S. The molecule has 0 bridgehead atoms. The van der Waals surface area contributed by atoms with Crippen LogP contribution in [0.4, 0.5) is 0 Å². The van der Waals surface area contributed by atoms with Gasteiger partial charge in [0.15, 0.2) is 5.96 Å². The quantitative estimate of drug-likeness (QED) is 0.390. The Bertz CT molecular complexity index is 657. The molecule has 2 rings (SSSR count). The van der Waals surface area contributed by atoms with E-state index in [0.717, 1.165) is 18.4 Å². The normalized spacial score (nSPS) is 15.7. The van der Waals surface area contributed by atoms with Crippen molar-refractivity contribution < 1.29 is 8.42 Å². The predicted molar refractivity (Wildman–Crippen MR) is 91.6 cm³/mol. The second kappa shape index (κ2) is 7.43. The van der Waals surface area contributed by atoms with Crippen molar-refractivity contribution in [2.45, 2.75) is 30.7 Å². The molecule has 1 aromatic carbocycles. The topological polar surface area (TPSA) is 82.6 Å². The van der Waals surface area contributed by atoms with Crippen molar-refractivity contribution in [3.63, 3.8) is 0 Å². The van der Waals surface area contributed by atoms with Crippen molar-refractivity contribution >= 4 is 31.9 Å². The van der Waals surface area contributed by atoms with Crippen LogP contribution in [0.1, 0.15) is 18.4 Å².